The zero-order valence-electron chi connectivity index (χ0n) is 10.6. The Labute approximate surface area is 113 Å². The summed E-state index contributed by atoms with van der Waals surface area (Å²) in [5.74, 6) is -2.45. The topological polar surface area (TPSA) is 158 Å². The number of hydrogen-bond acceptors (Lipinski definition) is 8. The Bertz CT molecular complexity index is 343. The van der Waals surface area contributed by atoms with Gasteiger partial charge in [-0.2, -0.15) is 0 Å². The van der Waals surface area contributed by atoms with Crippen LogP contribution in [0.4, 0.5) is 0 Å². The number of hydrogen-bond donors (Lipinski definition) is 4. The fourth-order valence-electron chi connectivity index (χ4n) is 1.05. The first-order valence-electron chi connectivity index (χ1n) is 5.60. The predicted molar refractivity (Wildman–Crippen MR) is 64.1 cm³/mol. The van der Waals surface area contributed by atoms with Crippen LogP contribution in [0.5, 0.6) is 0 Å². The number of carboxylic acids is 2. The van der Waals surface area contributed by atoms with Crippen LogP contribution in [0.1, 0.15) is 25.7 Å². The smallest absolute Gasteiger partial charge is 0.303 e. The minimum absolute atomic E-state index is 0.0776. The molecular weight excluding hydrogens is 276 g/mol. The van der Waals surface area contributed by atoms with E-state index in [2.05, 4.69) is 10.3 Å². The minimum Gasteiger partial charge on any atom is -0.481 e. The second-order valence-corrected chi connectivity index (χ2v) is 3.47. The second-order valence-electron chi connectivity index (χ2n) is 3.47. The number of nitrogens with zero attached hydrogens (tertiary/aromatic N) is 2. The number of rotatable bonds is 9. The van der Waals surface area contributed by atoms with Crippen molar-refractivity contribution in [2.75, 3.05) is 13.2 Å². The molecule has 114 valence electrons. The third-order valence-electron chi connectivity index (χ3n) is 1.95. The molecule has 0 heterocycles. The van der Waals surface area contributed by atoms with Crippen molar-refractivity contribution in [3.05, 3.63) is 0 Å². The SMILES string of the molecule is O=C(O)CC/C(=N/O)OCCO/C(CCC(=O)O)=N\O. The van der Waals surface area contributed by atoms with Crippen LogP contribution in [0.3, 0.4) is 0 Å². The molecule has 0 rings (SSSR count). The summed E-state index contributed by atoms with van der Waals surface area (Å²) >= 11 is 0. The maximum absolute atomic E-state index is 10.3. The molecule has 0 spiro atoms. The standard InChI is InChI=1S/C10H16N2O8/c13-9(14)3-1-7(11-17)19-5-6-20-8(12-18)2-4-10(15)16/h17-18H,1-6H2,(H,13,14)(H,15,16)/b11-7-,12-8-. The fourth-order valence-corrected chi connectivity index (χ4v) is 1.05. The van der Waals surface area contributed by atoms with Crippen molar-refractivity contribution in [3.8, 4) is 0 Å². The van der Waals surface area contributed by atoms with E-state index in [1.165, 1.54) is 0 Å². The first kappa shape index (κ1) is 17.5. The van der Waals surface area contributed by atoms with Gasteiger partial charge in [-0.05, 0) is 0 Å². The van der Waals surface area contributed by atoms with Crippen molar-refractivity contribution >= 4 is 23.7 Å². The molecule has 0 radical (unpaired) electrons. The maximum Gasteiger partial charge on any atom is 0.303 e. The zero-order chi connectivity index (χ0) is 15.4. The molecule has 0 amide bonds. The molecule has 10 heteroatoms. The van der Waals surface area contributed by atoms with Gasteiger partial charge in [0.15, 0.2) is 0 Å². The van der Waals surface area contributed by atoms with Gasteiger partial charge in [0.25, 0.3) is 0 Å². The molecule has 0 unspecified atom stereocenters. The highest BCUT2D eigenvalue weighted by atomic mass is 16.6. The van der Waals surface area contributed by atoms with Crippen LogP contribution in [0, 0.1) is 0 Å². The van der Waals surface area contributed by atoms with Gasteiger partial charge in [-0.3, -0.25) is 9.59 Å². The lowest BCUT2D eigenvalue weighted by molar-refractivity contribution is -0.137. The van der Waals surface area contributed by atoms with Gasteiger partial charge in [0.1, 0.15) is 13.2 Å². The summed E-state index contributed by atoms with van der Waals surface area (Å²) in [6, 6.07) is 0. The lowest BCUT2D eigenvalue weighted by Gasteiger charge is -2.09. The maximum atomic E-state index is 10.3. The first-order chi connectivity index (χ1) is 9.49. The van der Waals surface area contributed by atoms with Crippen LogP contribution in [0.2, 0.25) is 0 Å². The van der Waals surface area contributed by atoms with Gasteiger partial charge in [-0.25, -0.2) is 0 Å². The Morgan fingerprint density at radius 1 is 0.750 bits per heavy atom. The highest BCUT2D eigenvalue weighted by Gasteiger charge is 2.08. The van der Waals surface area contributed by atoms with E-state index in [1.54, 1.807) is 0 Å². The van der Waals surface area contributed by atoms with Gasteiger partial charge in [-0.1, -0.05) is 10.3 Å². The molecule has 0 aromatic carbocycles. The Balaban J connectivity index is 3.87. The predicted octanol–water partition coefficient (Wildman–Crippen LogP) is 0.325. The number of carbonyl (C=O) groups is 2. The van der Waals surface area contributed by atoms with Crippen molar-refractivity contribution in [1.29, 1.82) is 0 Å². The first-order valence-corrected chi connectivity index (χ1v) is 5.60. The number of oxime groups is 2. The van der Waals surface area contributed by atoms with Crippen LogP contribution in [0.25, 0.3) is 0 Å². The normalized spacial score (nSPS) is 12.0. The summed E-state index contributed by atoms with van der Waals surface area (Å²) in [6.07, 6.45) is -0.651. The Morgan fingerprint density at radius 3 is 1.35 bits per heavy atom. The highest BCUT2D eigenvalue weighted by Crippen LogP contribution is 1.98. The summed E-state index contributed by atoms with van der Waals surface area (Å²) < 4.78 is 9.84. The summed E-state index contributed by atoms with van der Waals surface area (Å²) in [5, 5.41) is 39.5. The molecule has 4 N–H and O–H groups in total. The molecule has 0 aliphatic heterocycles. The monoisotopic (exact) mass is 292 g/mol. The van der Waals surface area contributed by atoms with Gasteiger partial charge >= 0.3 is 11.9 Å². The van der Waals surface area contributed by atoms with Crippen LogP contribution < -0.4 is 0 Å². The van der Waals surface area contributed by atoms with Crippen molar-refractivity contribution < 1.29 is 39.7 Å². The summed E-state index contributed by atoms with van der Waals surface area (Å²) in [7, 11) is 0. The molecule has 20 heavy (non-hydrogen) atoms. The van der Waals surface area contributed by atoms with Crippen molar-refractivity contribution in [3.63, 3.8) is 0 Å². The van der Waals surface area contributed by atoms with Crippen LogP contribution in [-0.4, -0.2) is 57.6 Å². The Hall–Kier alpha value is -2.52. The van der Waals surface area contributed by atoms with Crippen molar-refractivity contribution in [1.82, 2.24) is 0 Å². The molecule has 0 saturated carbocycles. The second kappa shape index (κ2) is 10.4. The van der Waals surface area contributed by atoms with Crippen molar-refractivity contribution in [2.24, 2.45) is 10.3 Å². The van der Waals surface area contributed by atoms with Crippen molar-refractivity contribution in [2.45, 2.75) is 25.7 Å². The molecule has 0 saturated heterocycles. The molecule has 0 aliphatic rings. The van der Waals surface area contributed by atoms with Gasteiger partial charge in [0, 0.05) is 12.8 Å². The number of ether oxygens (including phenoxy) is 2. The molecule has 0 bridgehead atoms. The van der Waals surface area contributed by atoms with Gasteiger partial charge < -0.3 is 30.1 Å². The van der Waals surface area contributed by atoms with Gasteiger partial charge in [0.05, 0.1) is 12.8 Å². The average molecular weight is 292 g/mol. The highest BCUT2D eigenvalue weighted by molar-refractivity contribution is 5.81. The zero-order valence-corrected chi connectivity index (χ0v) is 10.6. The molecule has 0 aromatic rings. The third-order valence-corrected chi connectivity index (χ3v) is 1.95. The van der Waals surface area contributed by atoms with Crippen LogP contribution in [0.15, 0.2) is 10.3 Å². The third kappa shape index (κ3) is 9.50. The van der Waals surface area contributed by atoms with E-state index < -0.39 is 11.9 Å². The van der Waals surface area contributed by atoms with Gasteiger partial charge in [0.2, 0.25) is 11.8 Å². The van der Waals surface area contributed by atoms with E-state index in [0.29, 0.717) is 0 Å². The molecular formula is C10H16N2O8. The Morgan fingerprint density at radius 2 is 1.10 bits per heavy atom. The van der Waals surface area contributed by atoms with E-state index in [-0.39, 0.29) is 50.7 Å². The number of aliphatic carboxylic acids is 2. The van der Waals surface area contributed by atoms with Gasteiger partial charge in [-0.15, -0.1) is 0 Å². The lowest BCUT2D eigenvalue weighted by atomic mass is 10.3. The quantitative estimate of drug-likeness (QED) is 0.155. The summed E-state index contributed by atoms with van der Waals surface area (Å²) in [4.78, 5) is 20.6. The lowest BCUT2D eigenvalue weighted by Crippen LogP contribution is -2.15. The molecule has 0 atom stereocenters. The van der Waals surface area contributed by atoms with E-state index in [4.69, 9.17) is 30.1 Å². The number of carboxylic acid groups (broad SMARTS) is 2. The van der Waals surface area contributed by atoms with Crippen LogP contribution >= 0.6 is 0 Å². The largest absolute Gasteiger partial charge is 0.481 e. The summed E-state index contributed by atoms with van der Waals surface area (Å²) in [5.41, 5.74) is 0. The molecule has 10 nitrogen and oxygen atoms in total. The fraction of sp³-hybridized carbons (Fsp3) is 0.600. The Kier molecular flexibility index (Phi) is 9.10. The van der Waals surface area contributed by atoms with E-state index in [0.717, 1.165) is 0 Å². The average Bonchev–Trinajstić information content (AvgIpc) is 2.40. The van der Waals surface area contributed by atoms with Crippen LogP contribution in [-0.2, 0) is 19.1 Å². The molecule has 0 aliphatic carbocycles. The minimum atomic E-state index is -1.06. The van der Waals surface area contributed by atoms with E-state index in [1.807, 2.05) is 0 Å². The molecule has 0 aromatic heterocycles. The summed E-state index contributed by atoms with van der Waals surface area (Å²) in [6.45, 7) is -0.157. The van der Waals surface area contributed by atoms with E-state index >= 15 is 0 Å². The molecule has 0 fully saturated rings. The van der Waals surface area contributed by atoms with E-state index in [9.17, 15) is 9.59 Å².